The smallest absolute Gasteiger partial charge is 0.283 e. The van der Waals surface area contributed by atoms with Gasteiger partial charge in [0.25, 0.3) is 5.56 Å². The highest BCUT2D eigenvalue weighted by Crippen LogP contribution is 2.20. The van der Waals surface area contributed by atoms with E-state index in [0.717, 1.165) is 25.2 Å². The Balaban J connectivity index is 2.14. The highest BCUT2D eigenvalue weighted by atomic mass is 79.9. The number of likely N-dealkylation sites (N-methyl/N-ethyl adjacent to an activating group) is 1. The number of hydrogen-bond donors (Lipinski definition) is 1. The third-order valence-corrected chi connectivity index (χ3v) is 4.03. The SMILES string of the molecule is CCn1ncc(NC2CCCN(C)C2)c(Br)c1=O. The maximum atomic E-state index is 11.9. The van der Waals surface area contributed by atoms with Crippen LogP contribution >= 0.6 is 15.9 Å². The molecular formula is C12H19BrN4O. The van der Waals surface area contributed by atoms with Gasteiger partial charge in [-0.3, -0.25) is 4.79 Å². The van der Waals surface area contributed by atoms with Gasteiger partial charge in [0.2, 0.25) is 0 Å². The van der Waals surface area contributed by atoms with Crippen LogP contribution in [0.1, 0.15) is 19.8 Å². The summed E-state index contributed by atoms with van der Waals surface area (Å²) in [6.45, 7) is 4.65. The van der Waals surface area contributed by atoms with Gasteiger partial charge in [0, 0.05) is 19.1 Å². The van der Waals surface area contributed by atoms with Crippen molar-refractivity contribution in [2.45, 2.75) is 32.4 Å². The summed E-state index contributed by atoms with van der Waals surface area (Å²) >= 11 is 3.36. The van der Waals surface area contributed by atoms with Crippen molar-refractivity contribution in [3.8, 4) is 0 Å². The van der Waals surface area contributed by atoms with E-state index in [2.05, 4.69) is 38.3 Å². The molecule has 0 spiro atoms. The van der Waals surface area contributed by atoms with Crippen molar-refractivity contribution in [3.63, 3.8) is 0 Å². The van der Waals surface area contributed by atoms with Crippen LogP contribution in [0.5, 0.6) is 0 Å². The molecule has 1 atom stereocenters. The van der Waals surface area contributed by atoms with E-state index in [1.165, 1.54) is 11.1 Å². The number of rotatable bonds is 3. The summed E-state index contributed by atoms with van der Waals surface area (Å²) in [5, 5.41) is 7.55. The number of piperidine rings is 1. The number of halogens is 1. The zero-order valence-corrected chi connectivity index (χ0v) is 12.4. The Bertz CT molecular complexity index is 474. The lowest BCUT2D eigenvalue weighted by molar-refractivity contribution is 0.261. The molecule has 1 unspecified atom stereocenters. The van der Waals surface area contributed by atoms with Gasteiger partial charge in [-0.15, -0.1) is 0 Å². The monoisotopic (exact) mass is 314 g/mol. The first-order valence-corrected chi connectivity index (χ1v) is 7.11. The molecule has 1 aliphatic rings. The van der Waals surface area contributed by atoms with Gasteiger partial charge in [-0.25, -0.2) is 4.68 Å². The molecule has 18 heavy (non-hydrogen) atoms. The number of nitrogens with one attached hydrogen (secondary N) is 1. The van der Waals surface area contributed by atoms with Gasteiger partial charge in [0.15, 0.2) is 0 Å². The number of aryl methyl sites for hydroxylation is 1. The van der Waals surface area contributed by atoms with Crippen molar-refractivity contribution in [1.82, 2.24) is 14.7 Å². The summed E-state index contributed by atoms with van der Waals surface area (Å²) < 4.78 is 2.02. The predicted octanol–water partition coefficient (Wildman–Crippen LogP) is 1.53. The van der Waals surface area contributed by atoms with Crippen LogP contribution in [0.2, 0.25) is 0 Å². The fourth-order valence-electron chi connectivity index (χ4n) is 2.30. The van der Waals surface area contributed by atoms with Crippen LogP contribution in [0.15, 0.2) is 15.5 Å². The van der Waals surface area contributed by atoms with E-state index >= 15 is 0 Å². The molecule has 2 heterocycles. The molecule has 1 aliphatic heterocycles. The van der Waals surface area contributed by atoms with Crippen LogP contribution in [-0.2, 0) is 6.54 Å². The molecular weight excluding hydrogens is 296 g/mol. The average molecular weight is 315 g/mol. The fraction of sp³-hybridized carbons (Fsp3) is 0.667. The van der Waals surface area contributed by atoms with Crippen LogP contribution < -0.4 is 10.9 Å². The van der Waals surface area contributed by atoms with Crippen molar-refractivity contribution in [2.24, 2.45) is 0 Å². The Kier molecular flexibility index (Phi) is 4.40. The van der Waals surface area contributed by atoms with Crippen LogP contribution in [0, 0.1) is 0 Å². The first-order valence-electron chi connectivity index (χ1n) is 6.32. The molecule has 6 heteroatoms. The van der Waals surface area contributed by atoms with Crippen molar-refractivity contribution in [3.05, 3.63) is 21.0 Å². The lowest BCUT2D eigenvalue weighted by atomic mass is 10.1. The fourth-order valence-corrected chi connectivity index (χ4v) is 2.72. The molecule has 5 nitrogen and oxygen atoms in total. The van der Waals surface area contributed by atoms with Crippen molar-refractivity contribution in [2.75, 3.05) is 25.5 Å². The van der Waals surface area contributed by atoms with Crippen LogP contribution in [0.3, 0.4) is 0 Å². The summed E-state index contributed by atoms with van der Waals surface area (Å²) in [4.78, 5) is 14.2. The summed E-state index contributed by atoms with van der Waals surface area (Å²) in [5.41, 5.74) is 0.719. The first-order chi connectivity index (χ1) is 8.61. The van der Waals surface area contributed by atoms with Crippen LogP contribution in [-0.4, -0.2) is 40.9 Å². The normalized spacial score (nSPS) is 20.9. The van der Waals surface area contributed by atoms with Crippen LogP contribution in [0.4, 0.5) is 5.69 Å². The first kappa shape index (κ1) is 13.5. The molecule has 1 fully saturated rings. The van der Waals surface area contributed by atoms with E-state index in [9.17, 15) is 4.79 Å². The van der Waals surface area contributed by atoms with E-state index in [1.807, 2.05) is 6.92 Å². The molecule has 100 valence electrons. The van der Waals surface area contributed by atoms with E-state index in [-0.39, 0.29) is 5.56 Å². The summed E-state index contributed by atoms with van der Waals surface area (Å²) in [5.74, 6) is 0. The number of anilines is 1. The third kappa shape index (κ3) is 2.92. The number of hydrogen-bond acceptors (Lipinski definition) is 4. The standard InChI is InChI=1S/C12H19BrN4O/c1-3-17-12(18)11(13)10(7-14-17)15-9-5-4-6-16(2)8-9/h7,9,15H,3-6,8H2,1-2H3. The lowest BCUT2D eigenvalue weighted by Crippen LogP contribution is -2.40. The van der Waals surface area contributed by atoms with Gasteiger partial charge in [0.05, 0.1) is 11.9 Å². The van der Waals surface area contributed by atoms with Gasteiger partial charge >= 0.3 is 0 Å². The Morgan fingerprint density at radius 1 is 1.61 bits per heavy atom. The second kappa shape index (κ2) is 5.84. The molecule has 1 saturated heterocycles. The van der Waals surface area contributed by atoms with Gasteiger partial charge < -0.3 is 10.2 Å². The molecule has 1 aromatic rings. The summed E-state index contributed by atoms with van der Waals surface area (Å²) in [6, 6.07) is 0.388. The van der Waals surface area contributed by atoms with Crippen LogP contribution in [0.25, 0.3) is 0 Å². The zero-order valence-electron chi connectivity index (χ0n) is 10.8. The second-order valence-corrected chi connectivity index (χ2v) is 5.53. The third-order valence-electron chi connectivity index (χ3n) is 3.27. The summed E-state index contributed by atoms with van der Waals surface area (Å²) in [7, 11) is 2.12. The predicted molar refractivity (Wildman–Crippen MR) is 76.0 cm³/mol. The van der Waals surface area contributed by atoms with Gasteiger partial charge in [-0.2, -0.15) is 5.10 Å². The van der Waals surface area contributed by atoms with Crippen molar-refractivity contribution in [1.29, 1.82) is 0 Å². The molecule has 1 aromatic heterocycles. The molecule has 0 radical (unpaired) electrons. The Morgan fingerprint density at radius 2 is 2.39 bits per heavy atom. The number of nitrogens with zero attached hydrogens (tertiary/aromatic N) is 3. The number of aromatic nitrogens is 2. The minimum Gasteiger partial charge on any atom is -0.379 e. The van der Waals surface area contributed by atoms with E-state index in [1.54, 1.807) is 6.20 Å². The van der Waals surface area contributed by atoms with E-state index in [0.29, 0.717) is 17.1 Å². The zero-order chi connectivity index (χ0) is 13.1. The molecule has 2 rings (SSSR count). The molecule has 0 saturated carbocycles. The topological polar surface area (TPSA) is 50.2 Å². The van der Waals surface area contributed by atoms with E-state index < -0.39 is 0 Å². The van der Waals surface area contributed by atoms with Crippen molar-refractivity contribution >= 4 is 21.6 Å². The van der Waals surface area contributed by atoms with E-state index in [4.69, 9.17) is 0 Å². The maximum Gasteiger partial charge on any atom is 0.283 e. The maximum absolute atomic E-state index is 11.9. The Labute approximate surface area is 115 Å². The minimum absolute atomic E-state index is 0.0772. The molecule has 0 bridgehead atoms. The Morgan fingerprint density at radius 3 is 3.06 bits per heavy atom. The molecule has 1 N–H and O–H groups in total. The van der Waals surface area contributed by atoms with Gasteiger partial charge in [-0.05, 0) is 49.3 Å². The number of likely N-dealkylation sites (tertiary alicyclic amines) is 1. The summed E-state index contributed by atoms with van der Waals surface area (Å²) in [6.07, 6.45) is 4.04. The second-order valence-electron chi connectivity index (χ2n) is 4.74. The average Bonchev–Trinajstić information content (AvgIpc) is 2.35. The largest absolute Gasteiger partial charge is 0.379 e. The lowest BCUT2D eigenvalue weighted by Gasteiger charge is -2.31. The Hall–Kier alpha value is -0.880. The van der Waals surface area contributed by atoms with Gasteiger partial charge in [-0.1, -0.05) is 0 Å². The highest BCUT2D eigenvalue weighted by Gasteiger charge is 2.18. The van der Waals surface area contributed by atoms with Crippen molar-refractivity contribution < 1.29 is 0 Å². The van der Waals surface area contributed by atoms with Gasteiger partial charge in [0.1, 0.15) is 4.47 Å². The molecule has 0 amide bonds. The highest BCUT2D eigenvalue weighted by molar-refractivity contribution is 9.10. The molecule has 0 aliphatic carbocycles. The molecule has 0 aromatic carbocycles. The minimum atomic E-state index is -0.0772. The quantitative estimate of drug-likeness (QED) is 0.919.